The molecule has 2 aromatic rings. The van der Waals surface area contributed by atoms with Crippen LogP contribution >= 0.6 is 0 Å². The number of nitrogens with zero attached hydrogens (tertiary/aromatic N) is 3. The second kappa shape index (κ2) is 4.86. The van der Waals surface area contributed by atoms with Crippen molar-refractivity contribution in [2.75, 3.05) is 5.73 Å². The number of anilines is 1. The summed E-state index contributed by atoms with van der Waals surface area (Å²) in [6, 6.07) is 7.69. The van der Waals surface area contributed by atoms with Crippen molar-refractivity contribution in [2.24, 2.45) is 0 Å². The number of ether oxygens (including phenoxy) is 1. The Kier molecular flexibility index (Phi) is 3.27. The molecular weight excluding hydrogens is 216 g/mol. The van der Waals surface area contributed by atoms with E-state index in [2.05, 4.69) is 17.2 Å². The molecule has 5 heteroatoms. The molecule has 1 heterocycles. The third kappa shape index (κ3) is 2.75. The molecule has 0 aliphatic heterocycles. The second-order valence-corrected chi connectivity index (χ2v) is 3.92. The SMILES string of the molecule is CCC(C)Oc1cccc(-n2cc(N)nn2)c1. The fourth-order valence-corrected chi connectivity index (χ4v) is 1.42. The van der Waals surface area contributed by atoms with Crippen LogP contribution in [0.1, 0.15) is 20.3 Å². The molecule has 2 N–H and O–H groups in total. The van der Waals surface area contributed by atoms with Crippen LogP contribution in [0.2, 0.25) is 0 Å². The van der Waals surface area contributed by atoms with E-state index in [-0.39, 0.29) is 6.10 Å². The average Bonchev–Trinajstić information content (AvgIpc) is 2.76. The van der Waals surface area contributed by atoms with Crippen molar-refractivity contribution < 1.29 is 4.74 Å². The Morgan fingerprint density at radius 1 is 1.47 bits per heavy atom. The summed E-state index contributed by atoms with van der Waals surface area (Å²) in [6.45, 7) is 4.13. The molecule has 0 fully saturated rings. The number of nitrogen functional groups attached to an aromatic ring is 1. The molecule has 0 aliphatic rings. The van der Waals surface area contributed by atoms with Gasteiger partial charge in [-0.15, -0.1) is 5.10 Å². The Bertz CT molecular complexity index is 495. The normalized spacial score (nSPS) is 12.4. The van der Waals surface area contributed by atoms with Gasteiger partial charge < -0.3 is 10.5 Å². The van der Waals surface area contributed by atoms with Crippen molar-refractivity contribution in [3.63, 3.8) is 0 Å². The number of hydrogen-bond donors (Lipinski definition) is 1. The summed E-state index contributed by atoms with van der Waals surface area (Å²) >= 11 is 0. The maximum Gasteiger partial charge on any atom is 0.166 e. The lowest BCUT2D eigenvalue weighted by molar-refractivity contribution is 0.217. The number of hydrogen-bond acceptors (Lipinski definition) is 4. The number of aromatic nitrogens is 3. The van der Waals surface area contributed by atoms with Crippen molar-refractivity contribution in [1.29, 1.82) is 0 Å². The molecule has 0 amide bonds. The van der Waals surface area contributed by atoms with Crippen LogP contribution in [0.15, 0.2) is 30.5 Å². The zero-order valence-corrected chi connectivity index (χ0v) is 10.00. The van der Waals surface area contributed by atoms with Gasteiger partial charge in [0.2, 0.25) is 0 Å². The topological polar surface area (TPSA) is 66.0 Å². The van der Waals surface area contributed by atoms with Gasteiger partial charge in [0.25, 0.3) is 0 Å². The standard InChI is InChI=1S/C12H16N4O/c1-3-9(2)17-11-6-4-5-10(7-11)16-8-12(13)14-15-16/h4-9H,3,13H2,1-2H3. The van der Waals surface area contributed by atoms with Crippen LogP contribution < -0.4 is 10.5 Å². The maximum atomic E-state index is 5.74. The molecule has 1 aromatic heterocycles. The summed E-state index contributed by atoms with van der Waals surface area (Å²) in [5.41, 5.74) is 6.41. The first-order valence-corrected chi connectivity index (χ1v) is 5.64. The zero-order valence-electron chi connectivity index (χ0n) is 10.00. The first-order valence-electron chi connectivity index (χ1n) is 5.64. The molecule has 0 aliphatic carbocycles. The Labute approximate surface area is 100 Å². The van der Waals surface area contributed by atoms with Gasteiger partial charge in [0.15, 0.2) is 5.82 Å². The van der Waals surface area contributed by atoms with Gasteiger partial charge in [-0.05, 0) is 25.5 Å². The van der Waals surface area contributed by atoms with Crippen molar-refractivity contribution in [3.05, 3.63) is 30.5 Å². The highest BCUT2D eigenvalue weighted by molar-refractivity contribution is 5.40. The molecule has 0 saturated heterocycles. The minimum atomic E-state index is 0.200. The Morgan fingerprint density at radius 3 is 2.94 bits per heavy atom. The Morgan fingerprint density at radius 2 is 2.29 bits per heavy atom. The van der Waals surface area contributed by atoms with E-state index in [0.29, 0.717) is 5.82 Å². The molecule has 90 valence electrons. The van der Waals surface area contributed by atoms with Gasteiger partial charge in [-0.1, -0.05) is 18.2 Å². The summed E-state index contributed by atoms with van der Waals surface area (Å²) in [7, 11) is 0. The lowest BCUT2D eigenvalue weighted by Crippen LogP contribution is -2.09. The van der Waals surface area contributed by atoms with Crippen molar-refractivity contribution in [3.8, 4) is 11.4 Å². The first kappa shape index (κ1) is 11.4. The van der Waals surface area contributed by atoms with Crippen LogP contribution in [0.5, 0.6) is 5.75 Å². The van der Waals surface area contributed by atoms with Gasteiger partial charge in [0, 0.05) is 6.07 Å². The zero-order chi connectivity index (χ0) is 12.3. The first-order chi connectivity index (χ1) is 8.19. The van der Waals surface area contributed by atoms with E-state index < -0.39 is 0 Å². The predicted octanol–water partition coefficient (Wildman–Crippen LogP) is 2.03. The van der Waals surface area contributed by atoms with Crippen LogP contribution in [0.25, 0.3) is 5.69 Å². The summed E-state index contributed by atoms with van der Waals surface area (Å²) in [5.74, 6) is 1.23. The molecule has 1 aromatic carbocycles. The third-order valence-corrected chi connectivity index (χ3v) is 2.51. The molecule has 17 heavy (non-hydrogen) atoms. The molecular formula is C12H16N4O. The van der Waals surface area contributed by atoms with E-state index in [1.54, 1.807) is 10.9 Å². The monoisotopic (exact) mass is 232 g/mol. The van der Waals surface area contributed by atoms with Crippen LogP contribution in [0, 0.1) is 0 Å². The van der Waals surface area contributed by atoms with E-state index in [0.717, 1.165) is 17.9 Å². The van der Waals surface area contributed by atoms with Gasteiger partial charge in [0.1, 0.15) is 5.75 Å². The van der Waals surface area contributed by atoms with Gasteiger partial charge in [0.05, 0.1) is 18.0 Å². The highest BCUT2D eigenvalue weighted by Crippen LogP contribution is 2.18. The second-order valence-electron chi connectivity index (χ2n) is 3.92. The number of nitrogens with two attached hydrogens (primary N) is 1. The molecule has 0 bridgehead atoms. The molecule has 5 nitrogen and oxygen atoms in total. The van der Waals surface area contributed by atoms with Gasteiger partial charge >= 0.3 is 0 Å². The van der Waals surface area contributed by atoms with Gasteiger partial charge in [-0.2, -0.15) is 0 Å². The molecule has 2 rings (SSSR count). The smallest absolute Gasteiger partial charge is 0.166 e. The Balaban J connectivity index is 2.22. The summed E-state index contributed by atoms with van der Waals surface area (Å²) in [4.78, 5) is 0. The molecule has 0 radical (unpaired) electrons. The number of rotatable bonds is 4. The van der Waals surface area contributed by atoms with Crippen molar-refractivity contribution in [1.82, 2.24) is 15.0 Å². The third-order valence-electron chi connectivity index (χ3n) is 2.51. The molecule has 0 spiro atoms. The van der Waals surface area contributed by atoms with Crippen LogP contribution in [0.3, 0.4) is 0 Å². The summed E-state index contributed by atoms with van der Waals surface area (Å²) in [5, 5.41) is 7.66. The van der Waals surface area contributed by atoms with Crippen molar-refractivity contribution in [2.45, 2.75) is 26.4 Å². The summed E-state index contributed by atoms with van der Waals surface area (Å²) < 4.78 is 7.36. The quantitative estimate of drug-likeness (QED) is 0.875. The van der Waals surface area contributed by atoms with E-state index in [1.165, 1.54) is 0 Å². The predicted molar refractivity (Wildman–Crippen MR) is 66.2 cm³/mol. The lowest BCUT2D eigenvalue weighted by Gasteiger charge is -2.13. The number of benzene rings is 1. The van der Waals surface area contributed by atoms with E-state index in [9.17, 15) is 0 Å². The van der Waals surface area contributed by atoms with E-state index in [1.807, 2.05) is 31.2 Å². The fourth-order valence-electron chi connectivity index (χ4n) is 1.42. The largest absolute Gasteiger partial charge is 0.491 e. The van der Waals surface area contributed by atoms with Crippen LogP contribution in [-0.2, 0) is 0 Å². The lowest BCUT2D eigenvalue weighted by atomic mass is 10.3. The van der Waals surface area contributed by atoms with E-state index in [4.69, 9.17) is 10.5 Å². The maximum absolute atomic E-state index is 5.74. The van der Waals surface area contributed by atoms with Crippen molar-refractivity contribution >= 4 is 5.82 Å². The summed E-state index contributed by atoms with van der Waals surface area (Å²) in [6.07, 6.45) is 2.84. The average molecular weight is 232 g/mol. The highest BCUT2D eigenvalue weighted by Gasteiger charge is 2.04. The fraction of sp³-hybridized carbons (Fsp3) is 0.333. The molecule has 1 atom stereocenters. The molecule has 0 saturated carbocycles. The van der Waals surface area contributed by atoms with Crippen LogP contribution in [-0.4, -0.2) is 21.1 Å². The van der Waals surface area contributed by atoms with Crippen LogP contribution in [0.4, 0.5) is 5.82 Å². The van der Waals surface area contributed by atoms with Gasteiger partial charge in [-0.25, -0.2) is 4.68 Å². The molecule has 1 unspecified atom stereocenters. The van der Waals surface area contributed by atoms with E-state index >= 15 is 0 Å². The highest BCUT2D eigenvalue weighted by atomic mass is 16.5. The minimum absolute atomic E-state index is 0.200. The van der Waals surface area contributed by atoms with Gasteiger partial charge in [-0.3, -0.25) is 0 Å². The Hall–Kier alpha value is -2.04. The minimum Gasteiger partial charge on any atom is -0.491 e.